The van der Waals surface area contributed by atoms with Gasteiger partial charge in [0.1, 0.15) is 6.10 Å². The fourth-order valence-corrected chi connectivity index (χ4v) is 2.98. The maximum absolute atomic E-state index is 11.4. The number of benzene rings is 1. The summed E-state index contributed by atoms with van der Waals surface area (Å²) in [7, 11) is -1.31. The lowest BCUT2D eigenvalue weighted by Crippen LogP contribution is -2.38. The van der Waals surface area contributed by atoms with Crippen molar-refractivity contribution in [1.29, 1.82) is 0 Å². The molecule has 0 unspecified atom stereocenters. The van der Waals surface area contributed by atoms with Gasteiger partial charge in [0.2, 0.25) is 0 Å². The molecule has 0 saturated heterocycles. The third kappa shape index (κ3) is 4.30. The molecule has 1 N–H and O–H groups in total. The fraction of sp³-hybridized carbons (Fsp3) is 0.455. The van der Waals surface area contributed by atoms with Crippen molar-refractivity contribution < 1.29 is 17.3 Å². The summed E-state index contributed by atoms with van der Waals surface area (Å²) in [6.07, 6.45) is -0.633. The number of rotatable bonds is 6. The first-order valence-corrected chi connectivity index (χ1v) is 7.53. The van der Waals surface area contributed by atoms with Crippen LogP contribution in [0.1, 0.15) is 18.6 Å². The van der Waals surface area contributed by atoms with E-state index in [0.717, 1.165) is 7.11 Å². The zero-order valence-corrected chi connectivity index (χ0v) is 13.0. The molecule has 1 aromatic carbocycles. The van der Waals surface area contributed by atoms with E-state index in [1.54, 1.807) is 25.1 Å². The first-order chi connectivity index (χ1) is 8.82. The van der Waals surface area contributed by atoms with Crippen LogP contribution in [0.5, 0.6) is 0 Å². The van der Waals surface area contributed by atoms with Crippen LogP contribution in [-0.4, -0.2) is 28.7 Å². The van der Waals surface area contributed by atoms with Gasteiger partial charge in [0.25, 0.3) is 0 Å². The molecule has 0 aliphatic carbocycles. The van der Waals surface area contributed by atoms with E-state index in [0.29, 0.717) is 15.6 Å². The Hall–Kier alpha value is -0.370. The standard InChI is InChI=1S/C11H15Cl2NO4S/c1-7(14-19(15,16)18-3)11(17-2)10-8(12)5-4-6-9(10)13/h4-7,11,14H,1-3H3/t7-,11+/m1/s1. The highest BCUT2D eigenvalue weighted by molar-refractivity contribution is 7.84. The molecule has 108 valence electrons. The highest BCUT2D eigenvalue weighted by Crippen LogP contribution is 2.34. The van der Waals surface area contributed by atoms with Crippen LogP contribution < -0.4 is 4.72 Å². The van der Waals surface area contributed by atoms with Crippen molar-refractivity contribution in [3.8, 4) is 0 Å². The molecule has 0 radical (unpaired) electrons. The van der Waals surface area contributed by atoms with Crippen LogP contribution in [0.25, 0.3) is 0 Å². The van der Waals surface area contributed by atoms with Gasteiger partial charge in [-0.3, -0.25) is 4.18 Å². The maximum atomic E-state index is 11.4. The smallest absolute Gasteiger partial charge is 0.335 e. The molecule has 8 heteroatoms. The minimum Gasteiger partial charge on any atom is -0.375 e. The second kappa shape index (κ2) is 6.88. The van der Waals surface area contributed by atoms with Gasteiger partial charge in [-0.1, -0.05) is 29.3 Å². The Balaban J connectivity index is 3.07. The van der Waals surface area contributed by atoms with Gasteiger partial charge >= 0.3 is 10.3 Å². The SMILES string of the molecule is CO[C@H](c1c(Cl)cccc1Cl)[C@@H](C)NS(=O)(=O)OC. The summed E-state index contributed by atoms with van der Waals surface area (Å²) in [5, 5.41) is 0.811. The van der Waals surface area contributed by atoms with Gasteiger partial charge in [0.05, 0.1) is 13.2 Å². The largest absolute Gasteiger partial charge is 0.375 e. The Labute approximate surface area is 123 Å². The molecule has 0 aliphatic heterocycles. The quantitative estimate of drug-likeness (QED) is 0.872. The zero-order chi connectivity index (χ0) is 14.6. The average Bonchev–Trinajstić information content (AvgIpc) is 2.33. The number of hydrogen-bond donors (Lipinski definition) is 1. The predicted molar refractivity (Wildman–Crippen MR) is 74.7 cm³/mol. The van der Waals surface area contributed by atoms with Crippen molar-refractivity contribution >= 4 is 33.5 Å². The lowest BCUT2D eigenvalue weighted by molar-refractivity contribution is 0.0796. The lowest BCUT2D eigenvalue weighted by atomic mass is 10.0. The van der Waals surface area contributed by atoms with Gasteiger partial charge in [0, 0.05) is 22.7 Å². The molecule has 0 aliphatic rings. The second-order valence-corrected chi connectivity index (χ2v) is 6.11. The van der Waals surface area contributed by atoms with Crippen molar-refractivity contribution in [1.82, 2.24) is 4.72 Å². The molecule has 0 amide bonds. The van der Waals surface area contributed by atoms with Crippen LogP contribution in [0.3, 0.4) is 0 Å². The topological polar surface area (TPSA) is 64.6 Å². The van der Waals surface area contributed by atoms with Crippen LogP contribution in [0.2, 0.25) is 10.0 Å². The third-order valence-electron chi connectivity index (χ3n) is 2.54. The van der Waals surface area contributed by atoms with Gasteiger partial charge in [-0.15, -0.1) is 0 Å². The number of hydrogen-bond acceptors (Lipinski definition) is 4. The summed E-state index contributed by atoms with van der Waals surface area (Å²) in [5.74, 6) is 0. The van der Waals surface area contributed by atoms with Crippen LogP contribution in [-0.2, 0) is 19.2 Å². The summed E-state index contributed by atoms with van der Waals surface area (Å²) in [5.41, 5.74) is 0.527. The normalized spacial score (nSPS) is 15.2. The van der Waals surface area contributed by atoms with Crippen molar-refractivity contribution in [2.24, 2.45) is 0 Å². The molecule has 0 fully saturated rings. The van der Waals surface area contributed by atoms with Crippen molar-refractivity contribution in [2.75, 3.05) is 14.2 Å². The Morgan fingerprint density at radius 1 is 1.21 bits per heavy atom. The van der Waals surface area contributed by atoms with E-state index in [4.69, 9.17) is 27.9 Å². The van der Waals surface area contributed by atoms with Crippen molar-refractivity contribution in [3.05, 3.63) is 33.8 Å². The van der Waals surface area contributed by atoms with E-state index in [1.165, 1.54) is 7.11 Å². The summed E-state index contributed by atoms with van der Waals surface area (Å²) >= 11 is 12.2. The van der Waals surface area contributed by atoms with E-state index < -0.39 is 22.4 Å². The molecule has 1 aromatic rings. The highest BCUT2D eigenvalue weighted by atomic mass is 35.5. The van der Waals surface area contributed by atoms with Crippen LogP contribution in [0.15, 0.2) is 18.2 Å². The average molecular weight is 328 g/mol. The zero-order valence-electron chi connectivity index (χ0n) is 10.7. The summed E-state index contributed by atoms with van der Waals surface area (Å²) in [4.78, 5) is 0. The third-order valence-corrected chi connectivity index (χ3v) is 4.30. The molecule has 0 bridgehead atoms. The van der Waals surface area contributed by atoms with E-state index >= 15 is 0 Å². The van der Waals surface area contributed by atoms with Gasteiger partial charge in [-0.2, -0.15) is 13.1 Å². The lowest BCUT2D eigenvalue weighted by Gasteiger charge is -2.25. The van der Waals surface area contributed by atoms with E-state index in [9.17, 15) is 8.42 Å². The molecule has 5 nitrogen and oxygen atoms in total. The Morgan fingerprint density at radius 3 is 2.16 bits per heavy atom. The molecule has 1 rings (SSSR count). The molecule has 2 atom stereocenters. The first-order valence-electron chi connectivity index (χ1n) is 5.37. The van der Waals surface area contributed by atoms with E-state index in [-0.39, 0.29) is 0 Å². The van der Waals surface area contributed by atoms with Crippen LogP contribution in [0.4, 0.5) is 0 Å². The number of ether oxygens (including phenoxy) is 1. The first kappa shape index (κ1) is 16.7. The monoisotopic (exact) mass is 327 g/mol. The van der Waals surface area contributed by atoms with Crippen LogP contribution >= 0.6 is 23.2 Å². The molecule has 0 heterocycles. The molecule has 0 saturated carbocycles. The number of methoxy groups -OCH3 is 1. The Kier molecular flexibility index (Phi) is 6.04. The number of nitrogens with one attached hydrogen (secondary N) is 1. The molecular formula is C11H15Cl2NO4S. The maximum Gasteiger partial charge on any atom is 0.335 e. The molecule has 19 heavy (non-hydrogen) atoms. The van der Waals surface area contributed by atoms with E-state index in [1.807, 2.05) is 0 Å². The van der Waals surface area contributed by atoms with Gasteiger partial charge < -0.3 is 4.74 Å². The predicted octanol–water partition coefficient (Wildman–Crippen LogP) is 2.55. The Bertz CT molecular complexity index is 515. The van der Waals surface area contributed by atoms with Gasteiger partial charge in [0.15, 0.2) is 0 Å². The van der Waals surface area contributed by atoms with Crippen LogP contribution in [0, 0.1) is 0 Å². The summed E-state index contributed by atoms with van der Waals surface area (Å²) in [6.45, 7) is 1.63. The molecular weight excluding hydrogens is 313 g/mol. The minimum atomic E-state index is -3.82. The van der Waals surface area contributed by atoms with Gasteiger partial charge in [-0.05, 0) is 19.1 Å². The fourth-order valence-electron chi connectivity index (χ4n) is 1.69. The number of halogens is 2. The molecule has 0 spiro atoms. The summed E-state index contributed by atoms with van der Waals surface area (Å²) in [6, 6.07) is 4.41. The highest BCUT2D eigenvalue weighted by Gasteiger charge is 2.27. The molecule has 0 aromatic heterocycles. The summed E-state index contributed by atoms with van der Waals surface area (Å²) < 4.78 is 34.7. The van der Waals surface area contributed by atoms with Crippen molar-refractivity contribution in [2.45, 2.75) is 19.1 Å². The van der Waals surface area contributed by atoms with Crippen molar-refractivity contribution in [3.63, 3.8) is 0 Å². The second-order valence-electron chi connectivity index (χ2n) is 3.82. The Morgan fingerprint density at radius 2 is 1.74 bits per heavy atom. The minimum absolute atomic E-state index is 0.405. The van der Waals surface area contributed by atoms with E-state index in [2.05, 4.69) is 8.91 Å². The van der Waals surface area contributed by atoms with Gasteiger partial charge in [-0.25, -0.2) is 0 Å².